The molecule has 10 heavy (non-hydrogen) atoms. The van der Waals surface area contributed by atoms with Gasteiger partial charge in [-0.25, -0.2) is 4.79 Å². The summed E-state index contributed by atoms with van der Waals surface area (Å²) in [6.45, 7) is 0. The Morgan fingerprint density at radius 2 is 2.30 bits per heavy atom. The normalized spacial score (nSPS) is 31.8. The van der Waals surface area contributed by atoms with Crippen molar-refractivity contribution in [3.63, 3.8) is 0 Å². The fourth-order valence-corrected chi connectivity index (χ4v) is 1.16. The largest absolute Gasteiger partial charge is 0.508 e. The maximum absolute atomic E-state index is 10.5. The number of esters is 1. The Labute approximate surface area is 58.3 Å². The molecular formula is C7H8O3. The van der Waals surface area contributed by atoms with Gasteiger partial charge in [-0.3, -0.25) is 0 Å². The highest BCUT2D eigenvalue weighted by Crippen LogP contribution is 2.38. The molecule has 0 aromatic heterocycles. The van der Waals surface area contributed by atoms with Crippen LogP contribution in [0.3, 0.4) is 0 Å². The molecule has 0 radical (unpaired) electrons. The van der Waals surface area contributed by atoms with E-state index in [1.165, 1.54) is 0 Å². The molecule has 1 atom stereocenters. The Balaban J connectivity index is 2.11. The Morgan fingerprint density at radius 1 is 1.60 bits per heavy atom. The second kappa shape index (κ2) is 1.75. The molecule has 2 aliphatic rings. The van der Waals surface area contributed by atoms with Crippen molar-refractivity contribution in [3.05, 3.63) is 11.8 Å². The van der Waals surface area contributed by atoms with Crippen LogP contribution in [-0.2, 0) is 9.53 Å². The molecule has 1 aliphatic carbocycles. The summed E-state index contributed by atoms with van der Waals surface area (Å²) in [5, 5.41) is 9.09. The number of aliphatic hydroxyl groups is 1. The smallest absolute Gasteiger partial charge is 0.335 e. The van der Waals surface area contributed by atoms with Gasteiger partial charge in [-0.15, -0.1) is 0 Å². The van der Waals surface area contributed by atoms with E-state index in [4.69, 9.17) is 9.84 Å². The minimum absolute atomic E-state index is 0.104. The molecule has 0 aromatic rings. The molecule has 0 amide bonds. The number of cyclic esters (lactones) is 1. The van der Waals surface area contributed by atoms with Crippen LogP contribution in [0.1, 0.15) is 12.8 Å². The number of carbonyl (C=O) groups is 1. The van der Waals surface area contributed by atoms with Crippen molar-refractivity contribution >= 4 is 5.97 Å². The predicted octanol–water partition coefficient (Wildman–Crippen LogP) is 0.764. The van der Waals surface area contributed by atoms with Gasteiger partial charge in [0.2, 0.25) is 0 Å². The van der Waals surface area contributed by atoms with Crippen LogP contribution in [0.4, 0.5) is 0 Å². The third-order valence-electron chi connectivity index (χ3n) is 1.85. The van der Waals surface area contributed by atoms with E-state index in [2.05, 4.69) is 0 Å². The minimum Gasteiger partial charge on any atom is -0.508 e. The van der Waals surface area contributed by atoms with Gasteiger partial charge in [0.05, 0.1) is 6.08 Å². The lowest BCUT2D eigenvalue weighted by Crippen LogP contribution is -2.13. The highest BCUT2D eigenvalue weighted by atomic mass is 16.6. The lowest BCUT2D eigenvalue weighted by molar-refractivity contribution is -0.140. The number of ether oxygens (including phenoxy) is 1. The summed E-state index contributed by atoms with van der Waals surface area (Å²) in [6, 6.07) is 0. The zero-order chi connectivity index (χ0) is 7.14. The van der Waals surface area contributed by atoms with Gasteiger partial charge in [-0.2, -0.15) is 0 Å². The number of aliphatic hydroxyl groups excluding tert-OH is 1. The average molecular weight is 140 g/mol. The Hall–Kier alpha value is -0.990. The summed E-state index contributed by atoms with van der Waals surface area (Å²) in [5.74, 6) is 0.0876. The van der Waals surface area contributed by atoms with Crippen molar-refractivity contribution in [2.75, 3.05) is 0 Å². The molecule has 3 heteroatoms. The molecule has 0 spiro atoms. The van der Waals surface area contributed by atoms with Gasteiger partial charge in [0.1, 0.15) is 5.76 Å². The third kappa shape index (κ3) is 0.781. The topological polar surface area (TPSA) is 46.5 Å². The van der Waals surface area contributed by atoms with E-state index >= 15 is 0 Å². The summed E-state index contributed by atoms with van der Waals surface area (Å²) >= 11 is 0. The quantitative estimate of drug-likeness (QED) is 0.547. The highest BCUT2D eigenvalue weighted by molar-refractivity contribution is 5.85. The van der Waals surface area contributed by atoms with E-state index in [-0.39, 0.29) is 11.9 Å². The summed E-state index contributed by atoms with van der Waals surface area (Å²) in [7, 11) is 0. The molecular weight excluding hydrogens is 132 g/mol. The van der Waals surface area contributed by atoms with Crippen molar-refractivity contribution in [1.82, 2.24) is 0 Å². The van der Waals surface area contributed by atoms with Crippen LogP contribution >= 0.6 is 0 Å². The molecule has 1 unspecified atom stereocenters. The van der Waals surface area contributed by atoms with Gasteiger partial charge in [-0.1, -0.05) is 0 Å². The summed E-state index contributed by atoms with van der Waals surface area (Å²) in [5.41, 5.74) is 0. The second-order valence-electron chi connectivity index (χ2n) is 2.76. The molecule has 1 heterocycles. The standard InChI is InChI=1S/C7H8O3/c8-5-3-6(9)10-7(5)4-1-2-4/h3-4,7-8H,1-2H2. The van der Waals surface area contributed by atoms with Crippen LogP contribution in [0.5, 0.6) is 0 Å². The molecule has 1 N–H and O–H groups in total. The van der Waals surface area contributed by atoms with Crippen LogP contribution in [0.25, 0.3) is 0 Å². The fraction of sp³-hybridized carbons (Fsp3) is 0.571. The Bertz CT molecular complexity index is 203. The molecule has 3 nitrogen and oxygen atoms in total. The lowest BCUT2D eigenvalue weighted by Gasteiger charge is -2.06. The predicted molar refractivity (Wildman–Crippen MR) is 33.3 cm³/mol. The maximum Gasteiger partial charge on any atom is 0.335 e. The SMILES string of the molecule is O=C1C=C(O)C(C2CC2)O1. The fourth-order valence-electron chi connectivity index (χ4n) is 1.16. The van der Waals surface area contributed by atoms with E-state index in [0.717, 1.165) is 18.9 Å². The lowest BCUT2D eigenvalue weighted by atomic mass is 10.2. The molecule has 0 saturated heterocycles. The van der Waals surface area contributed by atoms with E-state index in [9.17, 15) is 4.79 Å². The van der Waals surface area contributed by atoms with E-state index in [1.54, 1.807) is 0 Å². The van der Waals surface area contributed by atoms with Gasteiger partial charge >= 0.3 is 5.97 Å². The molecule has 1 saturated carbocycles. The van der Waals surface area contributed by atoms with Gasteiger partial charge in [0.25, 0.3) is 0 Å². The minimum atomic E-state index is -0.408. The average Bonchev–Trinajstić information content (AvgIpc) is 2.61. The van der Waals surface area contributed by atoms with Crippen molar-refractivity contribution in [2.24, 2.45) is 5.92 Å². The van der Waals surface area contributed by atoms with Gasteiger partial charge in [0, 0.05) is 5.92 Å². The van der Waals surface area contributed by atoms with Gasteiger partial charge in [-0.05, 0) is 12.8 Å². The number of carbonyl (C=O) groups excluding carboxylic acids is 1. The first-order valence-corrected chi connectivity index (χ1v) is 3.38. The van der Waals surface area contributed by atoms with Gasteiger partial charge < -0.3 is 9.84 Å². The molecule has 54 valence electrons. The van der Waals surface area contributed by atoms with Crippen LogP contribution < -0.4 is 0 Å². The second-order valence-corrected chi connectivity index (χ2v) is 2.76. The number of hydrogen-bond donors (Lipinski definition) is 1. The maximum atomic E-state index is 10.5. The van der Waals surface area contributed by atoms with E-state index < -0.39 is 5.97 Å². The third-order valence-corrected chi connectivity index (χ3v) is 1.85. The van der Waals surface area contributed by atoms with E-state index in [1.807, 2.05) is 0 Å². The van der Waals surface area contributed by atoms with Crippen molar-refractivity contribution in [1.29, 1.82) is 0 Å². The zero-order valence-corrected chi connectivity index (χ0v) is 5.41. The monoisotopic (exact) mass is 140 g/mol. The van der Waals surface area contributed by atoms with Crippen molar-refractivity contribution < 1.29 is 14.6 Å². The van der Waals surface area contributed by atoms with Crippen molar-refractivity contribution in [3.8, 4) is 0 Å². The molecule has 1 fully saturated rings. The van der Waals surface area contributed by atoms with E-state index in [0.29, 0.717) is 5.92 Å². The van der Waals surface area contributed by atoms with Crippen molar-refractivity contribution in [2.45, 2.75) is 18.9 Å². The zero-order valence-electron chi connectivity index (χ0n) is 5.41. The first-order valence-electron chi connectivity index (χ1n) is 3.38. The first-order chi connectivity index (χ1) is 4.77. The van der Waals surface area contributed by atoms with Crippen LogP contribution in [0, 0.1) is 5.92 Å². The molecule has 0 bridgehead atoms. The molecule has 2 rings (SSSR count). The highest BCUT2D eigenvalue weighted by Gasteiger charge is 2.39. The van der Waals surface area contributed by atoms with Crippen LogP contribution in [-0.4, -0.2) is 17.2 Å². The Morgan fingerprint density at radius 3 is 2.70 bits per heavy atom. The first kappa shape index (κ1) is 5.77. The molecule has 0 aromatic carbocycles. The Kier molecular flexibility index (Phi) is 1.01. The van der Waals surface area contributed by atoms with Crippen LogP contribution in [0.15, 0.2) is 11.8 Å². The number of rotatable bonds is 1. The molecule has 1 aliphatic heterocycles. The summed E-state index contributed by atoms with van der Waals surface area (Å²) < 4.78 is 4.82. The summed E-state index contributed by atoms with van der Waals surface area (Å²) in [4.78, 5) is 10.5. The number of hydrogen-bond acceptors (Lipinski definition) is 3. The summed E-state index contributed by atoms with van der Waals surface area (Å²) in [6.07, 6.45) is 2.97. The van der Waals surface area contributed by atoms with Gasteiger partial charge in [0.15, 0.2) is 6.10 Å². The van der Waals surface area contributed by atoms with Crippen LogP contribution in [0.2, 0.25) is 0 Å².